The highest BCUT2D eigenvalue weighted by Crippen LogP contribution is 2.20. The van der Waals surface area contributed by atoms with Crippen LogP contribution in [0.4, 0.5) is 0 Å². The van der Waals surface area contributed by atoms with E-state index in [1.165, 1.54) is 15.6 Å². The highest BCUT2D eigenvalue weighted by Gasteiger charge is 2.28. The molecule has 3 rings (SSSR count). The van der Waals surface area contributed by atoms with Crippen LogP contribution in [-0.2, 0) is 14.8 Å². The number of carbonyl (C=O) groups is 1. The molecule has 1 N–H and O–H groups in total. The summed E-state index contributed by atoms with van der Waals surface area (Å²) in [6, 6.07) is 10.7. The minimum Gasteiger partial charge on any atom is -0.292 e. The number of amides is 1. The maximum absolute atomic E-state index is 12.7. The van der Waals surface area contributed by atoms with Crippen molar-refractivity contribution in [3.8, 4) is 0 Å². The van der Waals surface area contributed by atoms with Gasteiger partial charge in [0.1, 0.15) is 0 Å². The molecule has 0 unspecified atom stereocenters. The number of carbonyl (C=O) groups excluding carboxylic acids is 1. The van der Waals surface area contributed by atoms with Gasteiger partial charge in [0.2, 0.25) is 10.0 Å². The van der Waals surface area contributed by atoms with Crippen molar-refractivity contribution in [2.75, 3.05) is 32.7 Å². The van der Waals surface area contributed by atoms with Crippen LogP contribution >= 0.6 is 27.3 Å². The van der Waals surface area contributed by atoms with Crippen molar-refractivity contribution in [2.24, 2.45) is 5.10 Å². The van der Waals surface area contributed by atoms with E-state index < -0.39 is 10.0 Å². The molecule has 1 saturated heterocycles. The standard InChI is InChI=1S/C18H21BrN4O3S2/c1-14-2-5-16(6-3-14)28(25,26)23-10-8-22(9-11-23)13-18(24)21-20-12-15-4-7-17(19)27-15/h2-7,12H,8-11,13H2,1H3,(H,21,24)/b20-12+. The minimum atomic E-state index is -3.49. The third kappa shape index (κ3) is 5.48. The van der Waals surface area contributed by atoms with E-state index in [4.69, 9.17) is 0 Å². The molecule has 28 heavy (non-hydrogen) atoms. The molecule has 150 valence electrons. The molecule has 0 spiro atoms. The molecule has 0 atom stereocenters. The predicted molar refractivity (Wildman–Crippen MR) is 114 cm³/mol. The Balaban J connectivity index is 1.47. The van der Waals surface area contributed by atoms with Gasteiger partial charge in [-0.25, -0.2) is 13.8 Å². The van der Waals surface area contributed by atoms with Crippen LogP contribution in [0.2, 0.25) is 0 Å². The zero-order chi connectivity index (χ0) is 20.1. The number of rotatable bonds is 6. The molecule has 1 fully saturated rings. The first-order valence-electron chi connectivity index (χ1n) is 8.71. The number of nitrogens with one attached hydrogen (secondary N) is 1. The summed E-state index contributed by atoms with van der Waals surface area (Å²) in [4.78, 5) is 15.2. The number of aryl methyl sites for hydroxylation is 1. The molecule has 0 radical (unpaired) electrons. The molecule has 1 aliphatic rings. The second-order valence-electron chi connectivity index (χ2n) is 6.43. The Morgan fingerprint density at radius 2 is 1.86 bits per heavy atom. The molecule has 10 heteroatoms. The van der Waals surface area contributed by atoms with Crippen molar-refractivity contribution in [3.05, 3.63) is 50.6 Å². The lowest BCUT2D eigenvalue weighted by atomic mass is 10.2. The average Bonchev–Trinajstić information content (AvgIpc) is 3.08. The summed E-state index contributed by atoms with van der Waals surface area (Å²) in [6.07, 6.45) is 1.60. The zero-order valence-electron chi connectivity index (χ0n) is 15.3. The second kappa shape index (κ2) is 9.27. The summed E-state index contributed by atoms with van der Waals surface area (Å²) >= 11 is 4.89. The van der Waals surface area contributed by atoms with Gasteiger partial charge in [0.25, 0.3) is 5.91 Å². The van der Waals surface area contributed by atoms with Gasteiger partial charge in [-0.15, -0.1) is 11.3 Å². The summed E-state index contributed by atoms with van der Waals surface area (Å²) in [5.74, 6) is -0.221. The number of thiophene rings is 1. The molecule has 0 aliphatic carbocycles. The fourth-order valence-electron chi connectivity index (χ4n) is 2.79. The predicted octanol–water partition coefficient (Wildman–Crippen LogP) is 2.28. The third-order valence-corrected chi connectivity index (χ3v) is 7.80. The molecule has 0 saturated carbocycles. The first kappa shape index (κ1) is 21.1. The summed E-state index contributed by atoms with van der Waals surface area (Å²) in [5.41, 5.74) is 3.53. The van der Waals surface area contributed by atoms with Crippen molar-refractivity contribution in [1.82, 2.24) is 14.6 Å². The van der Waals surface area contributed by atoms with Gasteiger partial charge in [-0.3, -0.25) is 9.69 Å². The van der Waals surface area contributed by atoms with Gasteiger partial charge in [-0.05, 0) is 47.1 Å². The van der Waals surface area contributed by atoms with Gasteiger partial charge in [-0.2, -0.15) is 9.41 Å². The van der Waals surface area contributed by atoms with Gasteiger partial charge in [0, 0.05) is 31.1 Å². The van der Waals surface area contributed by atoms with Gasteiger partial charge in [0.05, 0.1) is 21.4 Å². The number of hydrogen-bond acceptors (Lipinski definition) is 6. The number of hydrazone groups is 1. The van der Waals surface area contributed by atoms with Crippen molar-refractivity contribution in [1.29, 1.82) is 0 Å². The normalized spacial score (nSPS) is 16.5. The van der Waals surface area contributed by atoms with Crippen molar-refractivity contribution >= 4 is 49.4 Å². The van der Waals surface area contributed by atoms with Crippen molar-refractivity contribution < 1.29 is 13.2 Å². The van der Waals surface area contributed by atoms with E-state index in [1.54, 1.807) is 30.5 Å². The smallest absolute Gasteiger partial charge is 0.254 e. The average molecular weight is 485 g/mol. The summed E-state index contributed by atoms with van der Waals surface area (Å²) in [5, 5.41) is 3.95. The van der Waals surface area contributed by atoms with Crippen LogP contribution in [0.3, 0.4) is 0 Å². The lowest BCUT2D eigenvalue weighted by Gasteiger charge is -2.33. The van der Waals surface area contributed by atoms with E-state index in [0.717, 1.165) is 14.2 Å². The quantitative estimate of drug-likeness (QED) is 0.503. The third-order valence-electron chi connectivity index (χ3n) is 4.33. The van der Waals surface area contributed by atoms with E-state index in [2.05, 4.69) is 26.5 Å². The number of nitrogens with zero attached hydrogens (tertiary/aromatic N) is 3. The summed E-state index contributed by atoms with van der Waals surface area (Å²) in [6.45, 7) is 3.82. The molecule has 1 aliphatic heterocycles. The van der Waals surface area contributed by atoms with Crippen molar-refractivity contribution in [2.45, 2.75) is 11.8 Å². The SMILES string of the molecule is Cc1ccc(S(=O)(=O)N2CCN(CC(=O)N/N=C/c3ccc(Br)s3)CC2)cc1. The van der Waals surface area contributed by atoms with Gasteiger partial charge in [0.15, 0.2) is 0 Å². The monoisotopic (exact) mass is 484 g/mol. The van der Waals surface area contributed by atoms with Crippen LogP contribution in [0.15, 0.2) is 50.2 Å². The number of benzene rings is 1. The Hall–Kier alpha value is -1.59. The second-order valence-corrected chi connectivity index (χ2v) is 10.9. The van der Waals surface area contributed by atoms with Crippen LogP contribution in [0.5, 0.6) is 0 Å². The Morgan fingerprint density at radius 1 is 1.18 bits per heavy atom. The lowest BCUT2D eigenvalue weighted by Crippen LogP contribution is -2.50. The molecular weight excluding hydrogens is 464 g/mol. The topological polar surface area (TPSA) is 82.1 Å². The van der Waals surface area contributed by atoms with E-state index in [-0.39, 0.29) is 12.5 Å². The van der Waals surface area contributed by atoms with Gasteiger partial charge in [-0.1, -0.05) is 17.7 Å². The fourth-order valence-corrected chi connectivity index (χ4v) is 5.51. The summed E-state index contributed by atoms with van der Waals surface area (Å²) in [7, 11) is -3.49. The van der Waals surface area contributed by atoms with Gasteiger partial charge < -0.3 is 0 Å². The lowest BCUT2D eigenvalue weighted by molar-refractivity contribution is -0.122. The van der Waals surface area contributed by atoms with E-state index in [9.17, 15) is 13.2 Å². The van der Waals surface area contributed by atoms with Gasteiger partial charge >= 0.3 is 0 Å². The van der Waals surface area contributed by atoms with Crippen LogP contribution < -0.4 is 5.43 Å². The highest BCUT2D eigenvalue weighted by atomic mass is 79.9. The van der Waals surface area contributed by atoms with Crippen LogP contribution in [-0.4, -0.2) is 62.5 Å². The highest BCUT2D eigenvalue weighted by molar-refractivity contribution is 9.11. The zero-order valence-corrected chi connectivity index (χ0v) is 18.6. The molecule has 0 bridgehead atoms. The number of halogens is 1. The first-order chi connectivity index (χ1) is 13.3. The molecule has 1 amide bonds. The summed E-state index contributed by atoms with van der Waals surface area (Å²) < 4.78 is 27.9. The fraction of sp³-hybridized carbons (Fsp3) is 0.333. The van der Waals surface area contributed by atoms with Crippen molar-refractivity contribution in [3.63, 3.8) is 0 Å². The number of sulfonamides is 1. The number of hydrogen-bond donors (Lipinski definition) is 1. The molecule has 2 aromatic rings. The molecule has 1 aromatic heterocycles. The van der Waals surface area contributed by atoms with Crippen LogP contribution in [0, 0.1) is 6.92 Å². The first-order valence-corrected chi connectivity index (χ1v) is 11.8. The van der Waals surface area contributed by atoms with Crippen LogP contribution in [0.25, 0.3) is 0 Å². The largest absolute Gasteiger partial charge is 0.292 e. The Labute approximate surface area is 177 Å². The Bertz CT molecular complexity index is 949. The minimum absolute atomic E-state index is 0.184. The number of piperazine rings is 1. The molecular formula is C18H21BrN4O3S2. The molecule has 7 nitrogen and oxygen atoms in total. The van der Waals surface area contributed by atoms with Crippen LogP contribution in [0.1, 0.15) is 10.4 Å². The van der Waals surface area contributed by atoms with E-state index in [1.807, 2.05) is 24.0 Å². The van der Waals surface area contributed by atoms with E-state index in [0.29, 0.717) is 31.1 Å². The maximum Gasteiger partial charge on any atom is 0.254 e. The van der Waals surface area contributed by atoms with E-state index >= 15 is 0 Å². The Kier molecular flexibility index (Phi) is 7.00. The molecule has 1 aromatic carbocycles. The maximum atomic E-state index is 12.7. The Morgan fingerprint density at radius 3 is 2.46 bits per heavy atom. The molecule has 2 heterocycles.